The summed E-state index contributed by atoms with van der Waals surface area (Å²) in [5.74, 6) is 0. The van der Waals surface area contributed by atoms with Gasteiger partial charge in [-0.15, -0.1) is 11.3 Å². The minimum absolute atomic E-state index is 0.183. The summed E-state index contributed by atoms with van der Waals surface area (Å²) in [7, 11) is 0. The summed E-state index contributed by atoms with van der Waals surface area (Å²) >= 11 is 1.90. The van der Waals surface area contributed by atoms with Gasteiger partial charge in [0.25, 0.3) is 0 Å². The lowest BCUT2D eigenvalue weighted by molar-refractivity contribution is 0.545. The SMILES string of the molecule is CC(C)(C)c1sc2cnccc2c1C(C)(C)C. The molecular weight excluding hydrogens is 226 g/mol. The van der Waals surface area contributed by atoms with Crippen LogP contribution in [0.4, 0.5) is 0 Å². The van der Waals surface area contributed by atoms with Crippen LogP contribution in [0.2, 0.25) is 0 Å². The summed E-state index contributed by atoms with van der Waals surface area (Å²) in [6.07, 6.45) is 3.89. The average Bonchev–Trinajstić information content (AvgIpc) is 2.54. The van der Waals surface area contributed by atoms with Crippen molar-refractivity contribution in [2.45, 2.75) is 52.4 Å². The zero-order valence-electron chi connectivity index (χ0n) is 11.6. The number of hydrogen-bond donors (Lipinski definition) is 0. The van der Waals surface area contributed by atoms with E-state index < -0.39 is 0 Å². The van der Waals surface area contributed by atoms with Gasteiger partial charge in [-0.1, -0.05) is 41.5 Å². The van der Waals surface area contributed by atoms with Crippen LogP contribution in [0.3, 0.4) is 0 Å². The monoisotopic (exact) mass is 247 g/mol. The van der Waals surface area contributed by atoms with Crippen molar-refractivity contribution in [2.24, 2.45) is 0 Å². The second-order valence-electron chi connectivity index (χ2n) is 6.68. The lowest BCUT2D eigenvalue weighted by atomic mass is 9.79. The highest BCUT2D eigenvalue weighted by Crippen LogP contribution is 2.44. The molecule has 0 unspecified atom stereocenters. The highest BCUT2D eigenvalue weighted by Gasteiger charge is 2.29. The Bertz CT molecular complexity index is 538. The largest absolute Gasteiger partial charge is 0.263 e. The van der Waals surface area contributed by atoms with E-state index in [1.165, 1.54) is 20.5 Å². The van der Waals surface area contributed by atoms with Crippen molar-refractivity contribution in [3.63, 3.8) is 0 Å². The summed E-state index contributed by atoms with van der Waals surface area (Å²) in [6.45, 7) is 13.8. The van der Waals surface area contributed by atoms with E-state index in [1.54, 1.807) is 0 Å². The lowest BCUT2D eigenvalue weighted by Crippen LogP contribution is -2.19. The van der Waals surface area contributed by atoms with E-state index in [0.29, 0.717) is 0 Å². The number of nitrogens with zero attached hydrogens (tertiary/aromatic N) is 1. The summed E-state index contributed by atoms with van der Waals surface area (Å²) in [4.78, 5) is 5.74. The van der Waals surface area contributed by atoms with Crippen molar-refractivity contribution >= 4 is 21.4 Å². The zero-order chi connectivity index (χ0) is 12.8. The van der Waals surface area contributed by atoms with Crippen molar-refractivity contribution < 1.29 is 0 Å². The number of hydrogen-bond acceptors (Lipinski definition) is 2. The number of thiophene rings is 1. The molecule has 2 rings (SSSR count). The Kier molecular flexibility index (Phi) is 2.81. The van der Waals surface area contributed by atoms with Gasteiger partial charge in [0.15, 0.2) is 0 Å². The number of rotatable bonds is 0. The molecule has 0 saturated heterocycles. The van der Waals surface area contributed by atoms with Gasteiger partial charge in [-0.25, -0.2) is 0 Å². The van der Waals surface area contributed by atoms with Crippen LogP contribution in [-0.4, -0.2) is 4.98 Å². The third-order valence-electron chi connectivity index (χ3n) is 2.92. The molecule has 2 heterocycles. The summed E-state index contributed by atoms with van der Waals surface area (Å²) in [5.41, 5.74) is 1.88. The fourth-order valence-electron chi connectivity index (χ4n) is 2.22. The maximum absolute atomic E-state index is 4.24. The molecule has 0 aliphatic carbocycles. The molecule has 0 aliphatic rings. The van der Waals surface area contributed by atoms with Gasteiger partial charge >= 0.3 is 0 Å². The molecule has 0 radical (unpaired) electrons. The quantitative estimate of drug-likeness (QED) is 0.646. The van der Waals surface area contributed by atoms with Crippen LogP contribution in [0.15, 0.2) is 18.5 Å². The molecule has 0 N–H and O–H groups in total. The van der Waals surface area contributed by atoms with Crippen LogP contribution < -0.4 is 0 Å². The van der Waals surface area contributed by atoms with Crippen LogP contribution >= 0.6 is 11.3 Å². The molecule has 2 aromatic heterocycles. The Labute approximate surface area is 108 Å². The molecule has 0 spiro atoms. The van der Waals surface area contributed by atoms with Crippen LogP contribution in [-0.2, 0) is 10.8 Å². The normalized spacial score (nSPS) is 13.3. The van der Waals surface area contributed by atoms with Gasteiger partial charge in [0.2, 0.25) is 0 Å². The first-order chi connectivity index (χ1) is 7.71. The fraction of sp³-hybridized carbons (Fsp3) is 0.533. The highest BCUT2D eigenvalue weighted by atomic mass is 32.1. The third kappa shape index (κ3) is 2.23. The Morgan fingerprint density at radius 3 is 2.18 bits per heavy atom. The van der Waals surface area contributed by atoms with Crippen molar-refractivity contribution in [1.82, 2.24) is 4.98 Å². The number of aromatic nitrogens is 1. The van der Waals surface area contributed by atoms with Gasteiger partial charge < -0.3 is 0 Å². The van der Waals surface area contributed by atoms with Crippen LogP contribution in [0, 0.1) is 0 Å². The summed E-state index contributed by atoms with van der Waals surface area (Å²) in [6, 6.07) is 2.15. The Morgan fingerprint density at radius 2 is 1.65 bits per heavy atom. The molecule has 0 fully saturated rings. The molecule has 92 valence electrons. The molecule has 0 amide bonds. The first kappa shape index (κ1) is 12.6. The Morgan fingerprint density at radius 1 is 1.00 bits per heavy atom. The Balaban J connectivity index is 2.84. The lowest BCUT2D eigenvalue weighted by Gasteiger charge is -2.26. The minimum Gasteiger partial charge on any atom is -0.263 e. The second kappa shape index (κ2) is 3.81. The predicted molar refractivity (Wildman–Crippen MR) is 77.0 cm³/mol. The molecule has 0 atom stereocenters. The molecule has 0 aromatic carbocycles. The molecule has 2 aromatic rings. The number of fused-ring (bicyclic) bond motifs is 1. The Hall–Kier alpha value is -0.890. The van der Waals surface area contributed by atoms with E-state index in [2.05, 4.69) is 52.6 Å². The van der Waals surface area contributed by atoms with E-state index in [1.807, 2.05) is 23.7 Å². The first-order valence-electron chi connectivity index (χ1n) is 6.09. The third-order valence-corrected chi connectivity index (χ3v) is 4.49. The molecule has 0 saturated carbocycles. The smallest absolute Gasteiger partial charge is 0.0532 e. The van der Waals surface area contributed by atoms with Gasteiger partial charge in [0.1, 0.15) is 0 Å². The zero-order valence-corrected chi connectivity index (χ0v) is 12.4. The minimum atomic E-state index is 0.183. The number of pyridine rings is 1. The maximum atomic E-state index is 4.24. The van der Waals surface area contributed by atoms with Crippen molar-refractivity contribution in [1.29, 1.82) is 0 Å². The highest BCUT2D eigenvalue weighted by molar-refractivity contribution is 7.19. The molecular formula is C15H21NS. The van der Waals surface area contributed by atoms with E-state index in [9.17, 15) is 0 Å². The first-order valence-corrected chi connectivity index (χ1v) is 6.90. The van der Waals surface area contributed by atoms with Crippen molar-refractivity contribution in [3.8, 4) is 0 Å². The van der Waals surface area contributed by atoms with Crippen LogP contribution in [0.25, 0.3) is 10.1 Å². The predicted octanol–water partition coefficient (Wildman–Crippen LogP) is 4.89. The second-order valence-corrected chi connectivity index (χ2v) is 7.73. The van der Waals surface area contributed by atoms with Gasteiger partial charge in [-0.2, -0.15) is 0 Å². The summed E-state index contributed by atoms with van der Waals surface area (Å²) in [5, 5.41) is 1.38. The topological polar surface area (TPSA) is 12.9 Å². The molecule has 17 heavy (non-hydrogen) atoms. The van der Waals surface area contributed by atoms with Crippen LogP contribution in [0.5, 0.6) is 0 Å². The molecule has 0 aliphatic heterocycles. The standard InChI is InChI=1S/C15H21NS/c1-14(2,3)12-10-7-8-16-9-11(10)17-13(12)15(4,5)6/h7-9H,1-6H3. The van der Waals surface area contributed by atoms with Gasteiger partial charge in [-0.3, -0.25) is 4.98 Å². The molecule has 0 bridgehead atoms. The molecule has 1 nitrogen and oxygen atoms in total. The van der Waals surface area contributed by atoms with Crippen LogP contribution in [0.1, 0.15) is 52.0 Å². The fourth-order valence-corrected chi connectivity index (χ4v) is 3.66. The average molecular weight is 247 g/mol. The van der Waals surface area contributed by atoms with Crippen molar-refractivity contribution in [3.05, 3.63) is 28.9 Å². The molecule has 2 heteroatoms. The van der Waals surface area contributed by atoms with Gasteiger partial charge in [0, 0.05) is 17.3 Å². The van der Waals surface area contributed by atoms with E-state index >= 15 is 0 Å². The van der Waals surface area contributed by atoms with Crippen molar-refractivity contribution in [2.75, 3.05) is 0 Å². The van der Waals surface area contributed by atoms with Gasteiger partial charge in [0.05, 0.1) is 4.70 Å². The van der Waals surface area contributed by atoms with Gasteiger partial charge in [-0.05, 0) is 27.8 Å². The maximum Gasteiger partial charge on any atom is 0.0532 e. The summed E-state index contributed by atoms with van der Waals surface area (Å²) < 4.78 is 1.31. The van der Waals surface area contributed by atoms with E-state index in [-0.39, 0.29) is 10.8 Å². The van der Waals surface area contributed by atoms with E-state index in [0.717, 1.165) is 0 Å². The van der Waals surface area contributed by atoms with E-state index in [4.69, 9.17) is 0 Å².